The maximum absolute atomic E-state index is 13.6. The highest BCUT2D eigenvalue weighted by atomic mass is 19.1. The molecule has 1 aromatic heterocycles. The van der Waals surface area contributed by atoms with Gasteiger partial charge in [0, 0.05) is 13.6 Å². The van der Waals surface area contributed by atoms with Crippen LogP contribution in [0.1, 0.15) is 23.0 Å². The van der Waals surface area contributed by atoms with Crippen LogP contribution in [-0.4, -0.2) is 45.9 Å². The van der Waals surface area contributed by atoms with Gasteiger partial charge in [-0.2, -0.15) is 9.78 Å². The smallest absolute Gasteiger partial charge is 0.352 e. The average Bonchev–Trinajstić information content (AvgIpc) is 2.76. The molecule has 0 atom stereocenters. The highest BCUT2D eigenvalue weighted by Crippen LogP contribution is 2.13. The van der Waals surface area contributed by atoms with Gasteiger partial charge in [-0.1, -0.05) is 12.1 Å². The Bertz CT molecular complexity index is 1180. The molecule has 3 aromatic rings. The largest absolute Gasteiger partial charge is 0.497 e. The average molecular weight is 412 g/mol. The minimum atomic E-state index is -0.834. The Morgan fingerprint density at radius 1 is 1.17 bits per heavy atom. The van der Waals surface area contributed by atoms with E-state index in [0.717, 1.165) is 9.25 Å². The molecule has 156 valence electrons. The van der Waals surface area contributed by atoms with E-state index in [0.29, 0.717) is 23.5 Å². The summed E-state index contributed by atoms with van der Waals surface area (Å²) in [5, 5.41) is 4.05. The van der Waals surface area contributed by atoms with Crippen LogP contribution in [0.15, 0.2) is 58.1 Å². The Balaban J connectivity index is 2.22. The molecular weight excluding hydrogens is 391 g/mol. The van der Waals surface area contributed by atoms with Gasteiger partial charge in [0.05, 0.1) is 19.3 Å². The van der Waals surface area contributed by atoms with Crippen molar-refractivity contribution in [1.82, 2.24) is 19.2 Å². The molecule has 0 bridgehead atoms. The van der Waals surface area contributed by atoms with Crippen molar-refractivity contribution in [2.45, 2.75) is 13.5 Å². The van der Waals surface area contributed by atoms with Crippen LogP contribution in [0.25, 0.3) is 5.69 Å². The molecule has 0 aliphatic carbocycles. The van der Waals surface area contributed by atoms with Crippen LogP contribution in [0.2, 0.25) is 0 Å². The molecule has 8 nitrogen and oxygen atoms in total. The number of amides is 1. The van der Waals surface area contributed by atoms with Crippen LogP contribution in [0, 0.1) is 5.82 Å². The molecule has 2 aromatic carbocycles. The second kappa shape index (κ2) is 8.73. The summed E-state index contributed by atoms with van der Waals surface area (Å²) in [5.74, 6) is -0.535. The molecule has 3 rings (SSSR count). The third-order valence-corrected chi connectivity index (χ3v) is 4.63. The fraction of sp³-hybridized carbons (Fsp3) is 0.238. The molecule has 0 unspecified atom stereocenters. The van der Waals surface area contributed by atoms with Gasteiger partial charge >= 0.3 is 5.69 Å². The molecular formula is C21H21FN4O4. The molecule has 9 heteroatoms. The van der Waals surface area contributed by atoms with E-state index in [1.165, 1.54) is 37.3 Å². The zero-order valence-electron chi connectivity index (χ0n) is 16.8. The van der Waals surface area contributed by atoms with Crippen molar-refractivity contribution < 1.29 is 13.9 Å². The number of methoxy groups -OCH3 is 1. The van der Waals surface area contributed by atoms with E-state index < -0.39 is 28.7 Å². The molecule has 0 fully saturated rings. The lowest BCUT2D eigenvalue weighted by atomic mass is 10.2. The highest BCUT2D eigenvalue weighted by Gasteiger charge is 2.22. The van der Waals surface area contributed by atoms with Gasteiger partial charge < -0.3 is 9.64 Å². The standard InChI is InChI=1S/C21H21FN4O4/c1-4-24(2)19(27)18-20(28)25(13-14-6-5-7-15(22)12-14)21(29)26(23-18)16-8-10-17(30-3)11-9-16/h5-12H,4,13H2,1-3H3. The summed E-state index contributed by atoms with van der Waals surface area (Å²) in [4.78, 5) is 40.0. The predicted molar refractivity (Wildman–Crippen MR) is 109 cm³/mol. The summed E-state index contributed by atoms with van der Waals surface area (Å²) in [7, 11) is 3.04. The normalized spacial score (nSPS) is 10.7. The number of carbonyl (C=O) groups is 1. The Kier molecular flexibility index (Phi) is 6.10. The molecule has 1 amide bonds. The molecule has 0 spiro atoms. The first kappa shape index (κ1) is 21.0. The zero-order valence-corrected chi connectivity index (χ0v) is 16.8. The first-order chi connectivity index (χ1) is 14.3. The van der Waals surface area contributed by atoms with Crippen LogP contribution in [-0.2, 0) is 6.54 Å². The monoisotopic (exact) mass is 412 g/mol. The van der Waals surface area contributed by atoms with Crippen LogP contribution in [0.5, 0.6) is 5.75 Å². The van der Waals surface area contributed by atoms with E-state index in [1.807, 2.05) is 0 Å². The summed E-state index contributed by atoms with van der Waals surface area (Å²) < 4.78 is 20.6. The molecule has 0 saturated heterocycles. The summed E-state index contributed by atoms with van der Waals surface area (Å²) in [6, 6.07) is 12.0. The molecule has 30 heavy (non-hydrogen) atoms. The lowest BCUT2D eigenvalue weighted by molar-refractivity contribution is 0.0791. The Morgan fingerprint density at radius 3 is 2.47 bits per heavy atom. The first-order valence-electron chi connectivity index (χ1n) is 9.24. The Hall–Kier alpha value is -3.75. The SMILES string of the molecule is CCN(C)C(=O)c1nn(-c2ccc(OC)cc2)c(=O)n(Cc2cccc(F)c2)c1=O. The molecule has 1 heterocycles. The number of benzene rings is 2. The lowest BCUT2D eigenvalue weighted by Crippen LogP contribution is -2.46. The number of hydrogen-bond donors (Lipinski definition) is 0. The van der Waals surface area contributed by atoms with E-state index in [9.17, 15) is 18.8 Å². The molecule has 0 saturated carbocycles. The van der Waals surface area contributed by atoms with Gasteiger partial charge in [0.15, 0.2) is 0 Å². The topological polar surface area (TPSA) is 86.4 Å². The quantitative estimate of drug-likeness (QED) is 0.615. The first-order valence-corrected chi connectivity index (χ1v) is 9.24. The van der Waals surface area contributed by atoms with Crippen molar-refractivity contribution in [1.29, 1.82) is 0 Å². The summed E-state index contributed by atoms with van der Waals surface area (Å²) in [6.45, 7) is 1.90. The van der Waals surface area contributed by atoms with Crippen molar-refractivity contribution in [2.24, 2.45) is 0 Å². The van der Waals surface area contributed by atoms with Crippen molar-refractivity contribution in [2.75, 3.05) is 20.7 Å². The minimum absolute atomic E-state index is 0.204. The summed E-state index contributed by atoms with van der Waals surface area (Å²) >= 11 is 0. The zero-order chi connectivity index (χ0) is 21.8. The van der Waals surface area contributed by atoms with Crippen LogP contribution in [0.4, 0.5) is 4.39 Å². The second-order valence-corrected chi connectivity index (χ2v) is 6.58. The van der Waals surface area contributed by atoms with E-state index in [4.69, 9.17) is 4.74 Å². The van der Waals surface area contributed by atoms with Crippen molar-refractivity contribution in [3.8, 4) is 11.4 Å². The fourth-order valence-electron chi connectivity index (χ4n) is 2.82. The van der Waals surface area contributed by atoms with Gasteiger partial charge in [-0.05, 0) is 48.9 Å². The van der Waals surface area contributed by atoms with E-state index in [-0.39, 0.29) is 6.54 Å². The number of halogens is 1. The number of aromatic nitrogens is 3. The molecule has 0 radical (unpaired) electrons. The number of nitrogens with zero attached hydrogens (tertiary/aromatic N) is 4. The second-order valence-electron chi connectivity index (χ2n) is 6.58. The number of hydrogen-bond acceptors (Lipinski definition) is 5. The predicted octanol–water partition coefficient (Wildman–Crippen LogP) is 1.68. The maximum Gasteiger partial charge on any atom is 0.352 e. The van der Waals surface area contributed by atoms with Gasteiger partial charge in [-0.3, -0.25) is 14.2 Å². The van der Waals surface area contributed by atoms with Gasteiger partial charge in [-0.15, -0.1) is 0 Å². The molecule has 0 aliphatic heterocycles. The minimum Gasteiger partial charge on any atom is -0.497 e. The molecule has 0 aliphatic rings. The van der Waals surface area contributed by atoms with Crippen molar-refractivity contribution in [3.05, 3.63) is 86.4 Å². The van der Waals surface area contributed by atoms with Gasteiger partial charge in [0.2, 0.25) is 5.69 Å². The molecule has 0 N–H and O–H groups in total. The number of carbonyl (C=O) groups excluding carboxylic acids is 1. The van der Waals surface area contributed by atoms with Crippen molar-refractivity contribution in [3.63, 3.8) is 0 Å². The van der Waals surface area contributed by atoms with Gasteiger partial charge in [0.25, 0.3) is 11.5 Å². The lowest BCUT2D eigenvalue weighted by Gasteiger charge is -2.16. The van der Waals surface area contributed by atoms with Crippen molar-refractivity contribution >= 4 is 5.91 Å². The maximum atomic E-state index is 13.6. The summed E-state index contributed by atoms with van der Waals surface area (Å²) in [5.41, 5.74) is -1.22. The van der Waals surface area contributed by atoms with Crippen LogP contribution in [0.3, 0.4) is 0 Å². The number of ether oxygens (including phenoxy) is 1. The van der Waals surface area contributed by atoms with Crippen LogP contribution < -0.4 is 16.0 Å². The Morgan fingerprint density at radius 2 is 1.87 bits per heavy atom. The number of rotatable bonds is 6. The van der Waals surface area contributed by atoms with Crippen LogP contribution >= 0.6 is 0 Å². The van der Waals surface area contributed by atoms with E-state index in [1.54, 1.807) is 37.3 Å². The summed E-state index contributed by atoms with van der Waals surface area (Å²) in [6.07, 6.45) is 0. The van der Waals surface area contributed by atoms with Gasteiger partial charge in [0.1, 0.15) is 11.6 Å². The highest BCUT2D eigenvalue weighted by molar-refractivity contribution is 5.91. The Labute approximate surface area is 171 Å². The van der Waals surface area contributed by atoms with E-state index >= 15 is 0 Å². The van der Waals surface area contributed by atoms with Gasteiger partial charge in [-0.25, -0.2) is 9.18 Å². The third-order valence-electron chi connectivity index (χ3n) is 4.63. The fourth-order valence-corrected chi connectivity index (χ4v) is 2.82. The van der Waals surface area contributed by atoms with E-state index in [2.05, 4.69) is 5.10 Å². The third kappa shape index (κ3) is 4.14.